The van der Waals surface area contributed by atoms with E-state index >= 15 is 0 Å². The number of piperidine rings is 1. The Balaban J connectivity index is 1.66. The SMILES string of the molecule is CCC1(CC)NC(=O)N(CC(=O)N2CCC[C@@H](n3cccn3)C2)C1=O. The summed E-state index contributed by atoms with van der Waals surface area (Å²) in [6.07, 6.45) is 6.50. The first-order valence-electron chi connectivity index (χ1n) is 8.91. The third kappa shape index (κ3) is 3.12. The summed E-state index contributed by atoms with van der Waals surface area (Å²) in [5.74, 6) is -0.486. The van der Waals surface area contributed by atoms with E-state index < -0.39 is 11.6 Å². The highest BCUT2D eigenvalue weighted by atomic mass is 16.2. The Hall–Kier alpha value is -2.38. The molecule has 25 heavy (non-hydrogen) atoms. The summed E-state index contributed by atoms with van der Waals surface area (Å²) in [5.41, 5.74) is -0.864. The molecule has 0 aromatic carbocycles. The van der Waals surface area contributed by atoms with Crippen LogP contribution in [0.25, 0.3) is 0 Å². The van der Waals surface area contributed by atoms with Gasteiger partial charge in [0.15, 0.2) is 0 Å². The predicted octanol–water partition coefficient (Wildman–Crippen LogP) is 1.16. The molecule has 136 valence electrons. The first-order valence-corrected chi connectivity index (χ1v) is 8.91. The van der Waals surface area contributed by atoms with Gasteiger partial charge in [0.05, 0.1) is 6.04 Å². The molecular formula is C17H25N5O3. The number of carbonyl (C=O) groups excluding carboxylic acids is 3. The van der Waals surface area contributed by atoms with Crippen LogP contribution in [0.3, 0.4) is 0 Å². The van der Waals surface area contributed by atoms with E-state index in [2.05, 4.69) is 10.4 Å². The molecule has 2 aliphatic rings. The molecule has 0 unspecified atom stereocenters. The topological polar surface area (TPSA) is 87.5 Å². The molecule has 0 aliphatic carbocycles. The summed E-state index contributed by atoms with van der Waals surface area (Å²) in [4.78, 5) is 40.3. The van der Waals surface area contributed by atoms with Crippen LogP contribution in [-0.2, 0) is 9.59 Å². The number of hydrogen-bond donors (Lipinski definition) is 1. The summed E-state index contributed by atoms with van der Waals surface area (Å²) in [6.45, 7) is 4.74. The Morgan fingerprint density at radius 2 is 2.12 bits per heavy atom. The Morgan fingerprint density at radius 3 is 2.72 bits per heavy atom. The highest BCUT2D eigenvalue weighted by Gasteiger charge is 2.49. The first kappa shape index (κ1) is 17.4. The number of carbonyl (C=O) groups is 3. The molecule has 0 bridgehead atoms. The Bertz CT molecular complexity index is 653. The van der Waals surface area contributed by atoms with Crippen molar-refractivity contribution in [2.45, 2.75) is 51.1 Å². The predicted molar refractivity (Wildman–Crippen MR) is 90.6 cm³/mol. The van der Waals surface area contributed by atoms with Crippen LogP contribution < -0.4 is 5.32 Å². The van der Waals surface area contributed by atoms with Gasteiger partial charge < -0.3 is 10.2 Å². The molecule has 1 atom stereocenters. The van der Waals surface area contributed by atoms with Crippen LogP contribution in [0.15, 0.2) is 18.5 Å². The molecule has 0 radical (unpaired) electrons. The molecule has 1 aromatic rings. The van der Waals surface area contributed by atoms with E-state index in [1.807, 2.05) is 30.8 Å². The maximum atomic E-state index is 12.7. The van der Waals surface area contributed by atoms with Crippen LogP contribution in [0.5, 0.6) is 0 Å². The van der Waals surface area contributed by atoms with Crippen molar-refractivity contribution in [3.63, 3.8) is 0 Å². The van der Waals surface area contributed by atoms with Crippen molar-refractivity contribution in [3.05, 3.63) is 18.5 Å². The highest BCUT2D eigenvalue weighted by Crippen LogP contribution is 2.26. The van der Waals surface area contributed by atoms with E-state index in [4.69, 9.17) is 0 Å². The van der Waals surface area contributed by atoms with Crippen LogP contribution in [0.1, 0.15) is 45.6 Å². The minimum Gasteiger partial charge on any atom is -0.339 e. The number of aromatic nitrogens is 2. The van der Waals surface area contributed by atoms with E-state index in [1.165, 1.54) is 0 Å². The van der Waals surface area contributed by atoms with Gasteiger partial charge in [0, 0.05) is 25.5 Å². The number of hydrogen-bond acceptors (Lipinski definition) is 4. The maximum Gasteiger partial charge on any atom is 0.325 e. The van der Waals surface area contributed by atoms with E-state index in [0.717, 1.165) is 17.7 Å². The average Bonchev–Trinajstić information content (AvgIpc) is 3.25. The van der Waals surface area contributed by atoms with Gasteiger partial charge in [0.25, 0.3) is 5.91 Å². The second-order valence-electron chi connectivity index (χ2n) is 6.73. The lowest BCUT2D eigenvalue weighted by Gasteiger charge is -2.33. The van der Waals surface area contributed by atoms with Gasteiger partial charge in [0.1, 0.15) is 12.1 Å². The number of imide groups is 1. The molecule has 2 fully saturated rings. The van der Waals surface area contributed by atoms with Crippen molar-refractivity contribution in [1.82, 2.24) is 24.9 Å². The monoisotopic (exact) mass is 347 g/mol. The molecule has 0 spiro atoms. The standard InChI is InChI=1S/C17H25N5O3/c1-3-17(4-2)15(24)21(16(25)19-17)12-14(23)20-9-5-7-13(11-20)22-10-6-8-18-22/h6,8,10,13H,3-5,7,9,11-12H2,1-2H3,(H,19,25)/t13-/m1/s1. The summed E-state index contributed by atoms with van der Waals surface area (Å²) >= 11 is 0. The lowest BCUT2D eigenvalue weighted by atomic mass is 9.93. The Kier molecular flexibility index (Phi) is 4.78. The van der Waals surface area contributed by atoms with Crippen molar-refractivity contribution in [2.75, 3.05) is 19.6 Å². The summed E-state index contributed by atoms with van der Waals surface area (Å²) < 4.78 is 1.87. The van der Waals surface area contributed by atoms with Gasteiger partial charge in [-0.2, -0.15) is 5.10 Å². The molecule has 2 saturated heterocycles. The van der Waals surface area contributed by atoms with Crippen molar-refractivity contribution in [2.24, 2.45) is 0 Å². The second kappa shape index (κ2) is 6.85. The van der Waals surface area contributed by atoms with E-state index in [9.17, 15) is 14.4 Å². The van der Waals surface area contributed by atoms with E-state index in [-0.39, 0.29) is 24.4 Å². The number of urea groups is 1. The summed E-state index contributed by atoms with van der Waals surface area (Å²) in [7, 11) is 0. The first-order chi connectivity index (χ1) is 12.0. The highest BCUT2D eigenvalue weighted by molar-refractivity contribution is 6.08. The number of nitrogens with zero attached hydrogens (tertiary/aromatic N) is 4. The zero-order valence-corrected chi connectivity index (χ0v) is 14.8. The summed E-state index contributed by atoms with van der Waals surface area (Å²) in [5, 5.41) is 7.01. The van der Waals surface area contributed by atoms with Crippen LogP contribution in [0, 0.1) is 0 Å². The lowest BCUT2D eigenvalue weighted by molar-refractivity contribution is -0.140. The van der Waals surface area contributed by atoms with Crippen molar-refractivity contribution in [1.29, 1.82) is 0 Å². The summed E-state index contributed by atoms with van der Waals surface area (Å²) in [6, 6.07) is 1.53. The fourth-order valence-corrected chi connectivity index (χ4v) is 3.68. The molecular weight excluding hydrogens is 322 g/mol. The van der Waals surface area contributed by atoms with Gasteiger partial charge >= 0.3 is 6.03 Å². The zero-order chi connectivity index (χ0) is 18.0. The minimum absolute atomic E-state index is 0.140. The minimum atomic E-state index is -0.864. The molecule has 3 heterocycles. The van der Waals surface area contributed by atoms with Crippen molar-refractivity contribution in [3.8, 4) is 0 Å². The molecule has 1 aromatic heterocycles. The van der Waals surface area contributed by atoms with Gasteiger partial charge in [-0.25, -0.2) is 4.79 Å². The number of amides is 4. The Labute approximate surface area is 147 Å². The quantitative estimate of drug-likeness (QED) is 0.810. The Morgan fingerprint density at radius 1 is 1.36 bits per heavy atom. The average molecular weight is 347 g/mol. The van der Waals surface area contributed by atoms with Gasteiger partial charge in [-0.3, -0.25) is 19.2 Å². The fourth-order valence-electron chi connectivity index (χ4n) is 3.68. The molecule has 3 rings (SSSR count). The normalized spacial score (nSPS) is 23.0. The zero-order valence-electron chi connectivity index (χ0n) is 14.8. The molecule has 0 saturated carbocycles. The molecule has 1 N–H and O–H groups in total. The van der Waals surface area contributed by atoms with Crippen LogP contribution >= 0.6 is 0 Å². The van der Waals surface area contributed by atoms with Crippen LogP contribution in [-0.4, -0.2) is 62.6 Å². The third-order valence-corrected chi connectivity index (χ3v) is 5.39. The second-order valence-corrected chi connectivity index (χ2v) is 6.73. The smallest absolute Gasteiger partial charge is 0.325 e. The maximum absolute atomic E-state index is 12.7. The fraction of sp³-hybridized carbons (Fsp3) is 0.647. The van der Waals surface area contributed by atoms with Crippen molar-refractivity contribution < 1.29 is 14.4 Å². The number of likely N-dealkylation sites (tertiary alicyclic amines) is 1. The van der Waals surface area contributed by atoms with Crippen LogP contribution in [0.4, 0.5) is 4.79 Å². The van der Waals surface area contributed by atoms with E-state index in [0.29, 0.717) is 25.9 Å². The molecule has 2 aliphatic heterocycles. The largest absolute Gasteiger partial charge is 0.339 e. The molecule has 4 amide bonds. The van der Waals surface area contributed by atoms with Gasteiger partial charge in [-0.15, -0.1) is 0 Å². The van der Waals surface area contributed by atoms with E-state index in [1.54, 1.807) is 11.1 Å². The van der Waals surface area contributed by atoms with Gasteiger partial charge in [-0.1, -0.05) is 13.8 Å². The van der Waals surface area contributed by atoms with Crippen LogP contribution in [0.2, 0.25) is 0 Å². The number of nitrogens with one attached hydrogen (secondary N) is 1. The van der Waals surface area contributed by atoms with Gasteiger partial charge in [-0.05, 0) is 31.7 Å². The third-order valence-electron chi connectivity index (χ3n) is 5.39. The lowest BCUT2D eigenvalue weighted by Crippen LogP contribution is -2.48. The van der Waals surface area contributed by atoms with Gasteiger partial charge in [0.2, 0.25) is 5.91 Å². The van der Waals surface area contributed by atoms with Crippen molar-refractivity contribution >= 4 is 17.8 Å². The molecule has 8 heteroatoms. The molecule has 8 nitrogen and oxygen atoms in total. The number of rotatable bonds is 5.